The molecule has 2 aromatic carbocycles. The topological polar surface area (TPSA) is 90.4 Å². The lowest BCUT2D eigenvalue weighted by molar-refractivity contribution is 0.281. The minimum Gasteiger partial charge on any atom is -0.419 e. The van der Waals surface area contributed by atoms with E-state index in [1.54, 1.807) is 28.6 Å². The Morgan fingerprint density at radius 2 is 1.75 bits per heavy atom. The standard InChI is InChI=1S/C28H32N4O3S/c1-21-6-5-15-32(20-21)36(33,34)25-11-9-24(10-12-25)27-30-26(19-29)28(35-27)31-16-13-23(14-17-31)18-22-7-3-2-4-8-22/h2-4,7-12,21,23H,5-6,13-18,20H2,1H3/t21-/m1/s1. The van der Waals surface area contributed by atoms with Crippen LogP contribution in [0.2, 0.25) is 0 Å². The second-order valence-electron chi connectivity index (χ2n) is 10.0. The summed E-state index contributed by atoms with van der Waals surface area (Å²) in [6.45, 7) is 4.83. The number of nitrogens with zero attached hydrogens (tertiary/aromatic N) is 4. The van der Waals surface area contributed by atoms with E-state index in [4.69, 9.17) is 4.42 Å². The van der Waals surface area contributed by atoms with Crippen molar-refractivity contribution < 1.29 is 12.8 Å². The van der Waals surface area contributed by atoms with Crippen LogP contribution in [0.15, 0.2) is 63.9 Å². The highest BCUT2D eigenvalue weighted by atomic mass is 32.2. The van der Waals surface area contributed by atoms with Crippen LogP contribution >= 0.6 is 0 Å². The summed E-state index contributed by atoms with van der Waals surface area (Å²) in [7, 11) is -3.52. The van der Waals surface area contributed by atoms with E-state index < -0.39 is 10.0 Å². The van der Waals surface area contributed by atoms with Crippen LogP contribution in [-0.4, -0.2) is 43.9 Å². The van der Waals surface area contributed by atoms with Crippen molar-refractivity contribution in [2.75, 3.05) is 31.1 Å². The first-order valence-corrected chi connectivity index (χ1v) is 14.2. The van der Waals surface area contributed by atoms with E-state index in [1.165, 1.54) is 5.56 Å². The van der Waals surface area contributed by atoms with Gasteiger partial charge in [0.15, 0.2) is 0 Å². The largest absolute Gasteiger partial charge is 0.419 e. The molecule has 188 valence electrons. The van der Waals surface area contributed by atoms with Gasteiger partial charge in [-0.3, -0.25) is 0 Å². The predicted molar refractivity (Wildman–Crippen MR) is 139 cm³/mol. The summed E-state index contributed by atoms with van der Waals surface area (Å²) in [5.74, 6) is 1.81. The van der Waals surface area contributed by atoms with Crippen LogP contribution in [0.25, 0.3) is 11.5 Å². The third-order valence-corrected chi connectivity index (χ3v) is 9.22. The van der Waals surface area contributed by atoms with Crippen LogP contribution in [0.4, 0.5) is 5.88 Å². The minimum atomic E-state index is -3.52. The molecule has 3 aromatic rings. The molecule has 0 bridgehead atoms. The van der Waals surface area contributed by atoms with E-state index in [0.717, 1.165) is 45.2 Å². The van der Waals surface area contributed by atoms with E-state index in [1.807, 2.05) is 6.07 Å². The molecule has 0 aliphatic carbocycles. The molecule has 0 saturated carbocycles. The van der Waals surface area contributed by atoms with Crippen LogP contribution < -0.4 is 4.90 Å². The van der Waals surface area contributed by atoms with Crippen molar-refractivity contribution in [3.05, 3.63) is 65.9 Å². The first-order valence-electron chi connectivity index (χ1n) is 12.7. The van der Waals surface area contributed by atoms with Gasteiger partial charge in [0.1, 0.15) is 6.07 Å². The van der Waals surface area contributed by atoms with Gasteiger partial charge in [-0.05, 0) is 73.8 Å². The third kappa shape index (κ3) is 5.18. The molecule has 0 amide bonds. The van der Waals surface area contributed by atoms with Crippen LogP contribution in [0.1, 0.15) is 43.9 Å². The highest BCUT2D eigenvalue weighted by Gasteiger charge is 2.29. The Labute approximate surface area is 213 Å². The van der Waals surface area contributed by atoms with Gasteiger partial charge >= 0.3 is 0 Å². The van der Waals surface area contributed by atoms with Crippen LogP contribution in [-0.2, 0) is 16.4 Å². The molecule has 7 nitrogen and oxygen atoms in total. The molecule has 1 aromatic heterocycles. The zero-order chi connectivity index (χ0) is 25.1. The maximum absolute atomic E-state index is 13.1. The fourth-order valence-corrected chi connectivity index (χ4v) is 6.89. The number of nitriles is 1. The van der Waals surface area contributed by atoms with E-state index >= 15 is 0 Å². The number of sulfonamides is 1. The Kier molecular flexibility index (Phi) is 7.13. The summed E-state index contributed by atoms with van der Waals surface area (Å²) in [5, 5.41) is 9.69. The molecule has 5 rings (SSSR count). The van der Waals surface area contributed by atoms with Crippen molar-refractivity contribution in [1.82, 2.24) is 9.29 Å². The van der Waals surface area contributed by atoms with Crippen LogP contribution in [0.3, 0.4) is 0 Å². The number of anilines is 1. The van der Waals surface area contributed by atoms with Gasteiger partial charge in [-0.1, -0.05) is 37.3 Å². The molecule has 2 aliphatic heterocycles. The van der Waals surface area contributed by atoms with Gasteiger partial charge in [-0.15, -0.1) is 0 Å². The fourth-order valence-electron chi connectivity index (χ4n) is 5.29. The van der Waals surface area contributed by atoms with Gasteiger partial charge in [0, 0.05) is 31.7 Å². The van der Waals surface area contributed by atoms with Gasteiger partial charge in [-0.25, -0.2) is 8.42 Å². The molecule has 2 aliphatic rings. The Bertz CT molecular complexity index is 1320. The average Bonchev–Trinajstić information content (AvgIpc) is 3.34. The van der Waals surface area contributed by atoms with Gasteiger partial charge in [0.25, 0.3) is 0 Å². The average molecular weight is 505 g/mol. The SMILES string of the molecule is C[C@@H]1CCCN(S(=O)(=O)c2ccc(-c3nc(C#N)c(N4CCC(Cc5ccccc5)CC4)o3)cc2)C1. The second-order valence-corrected chi connectivity index (χ2v) is 12.0. The van der Waals surface area contributed by atoms with E-state index in [-0.39, 0.29) is 10.6 Å². The Hall–Kier alpha value is -3.15. The maximum Gasteiger partial charge on any atom is 0.243 e. The van der Waals surface area contributed by atoms with Crippen molar-refractivity contribution in [2.45, 2.75) is 43.9 Å². The van der Waals surface area contributed by atoms with Gasteiger partial charge in [0.2, 0.25) is 27.5 Å². The lowest BCUT2D eigenvalue weighted by Crippen LogP contribution is -2.39. The number of benzene rings is 2. The lowest BCUT2D eigenvalue weighted by Gasteiger charge is -2.31. The number of piperidine rings is 2. The molecule has 2 fully saturated rings. The van der Waals surface area contributed by atoms with Crippen LogP contribution in [0, 0.1) is 23.2 Å². The molecule has 0 N–H and O–H groups in total. The normalized spacial score (nSPS) is 19.8. The summed E-state index contributed by atoms with van der Waals surface area (Å²) in [4.78, 5) is 6.80. The van der Waals surface area contributed by atoms with Crippen LogP contribution in [0.5, 0.6) is 0 Å². The monoisotopic (exact) mass is 504 g/mol. The molecule has 1 atom stereocenters. The summed E-state index contributed by atoms with van der Waals surface area (Å²) < 4.78 is 33.8. The molecular weight excluding hydrogens is 472 g/mol. The smallest absolute Gasteiger partial charge is 0.243 e. The second kappa shape index (κ2) is 10.5. The quantitative estimate of drug-likeness (QED) is 0.464. The van der Waals surface area contributed by atoms with Crippen molar-refractivity contribution in [3.63, 3.8) is 0 Å². The predicted octanol–water partition coefficient (Wildman–Crippen LogP) is 5.09. The number of oxazole rings is 1. The van der Waals surface area contributed by atoms with E-state index in [9.17, 15) is 13.7 Å². The van der Waals surface area contributed by atoms with E-state index in [2.05, 4.69) is 47.1 Å². The first kappa shape index (κ1) is 24.5. The van der Waals surface area contributed by atoms with Crippen molar-refractivity contribution in [3.8, 4) is 17.5 Å². The summed E-state index contributed by atoms with van der Waals surface area (Å²) in [6, 6.07) is 19.3. The lowest BCUT2D eigenvalue weighted by atomic mass is 9.90. The fraction of sp³-hybridized carbons (Fsp3) is 0.429. The molecule has 0 spiro atoms. The summed E-state index contributed by atoms with van der Waals surface area (Å²) >= 11 is 0. The highest BCUT2D eigenvalue weighted by Crippen LogP contribution is 2.33. The van der Waals surface area contributed by atoms with Gasteiger partial charge in [0.05, 0.1) is 4.90 Å². The van der Waals surface area contributed by atoms with Crippen molar-refractivity contribution >= 4 is 15.9 Å². The van der Waals surface area contributed by atoms with E-state index in [0.29, 0.717) is 42.3 Å². The Morgan fingerprint density at radius 1 is 1.03 bits per heavy atom. The number of hydrogen-bond donors (Lipinski definition) is 0. The molecule has 36 heavy (non-hydrogen) atoms. The number of hydrogen-bond acceptors (Lipinski definition) is 6. The summed E-state index contributed by atoms with van der Waals surface area (Å²) in [5.41, 5.74) is 2.28. The zero-order valence-electron chi connectivity index (χ0n) is 20.6. The summed E-state index contributed by atoms with van der Waals surface area (Å²) in [6.07, 6.45) is 5.06. The Morgan fingerprint density at radius 3 is 2.42 bits per heavy atom. The maximum atomic E-state index is 13.1. The molecule has 2 saturated heterocycles. The highest BCUT2D eigenvalue weighted by molar-refractivity contribution is 7.89. The van der Waals surface area contributed by atoms with Gasteiger partial charge in [-0.2, -0.15) is 14.6 Å². The molecule has 8 heteroatoms. The number of aromatic nitrogens is 1. The molecule has 3 heterocycles. The minimum absolute atomic E-state index is 0.269. The molecule has 0 radical (unpaired) electrons. The molecule has 0 unspecified atom stereocenters. The number of rotatable bonds is 6. The Balaban J connectivity index is 1.28. The van der Waals surface area contributed by atoms with Crippen molar-refractivity contribution in [2.24, 2.45) is 11.8 Å². The molecular formula is C28H32N4O3S. The first-order chi connectivity index (χ1) is 17.4. The zero-order valence-corrected chi connectivity index (χ0v) is 21.5. The van der Waals surface area contributed by atoms with Crippen molar-refractivity contribution in [1.29, 1.82) is 5.26 Å². The third-order valence-electron chi connectivity index (χ3n) is 7.34. The van der Waals surface area contributed by atoms with Gasteiger partial charge < -0.3 is 9.32 Å².